The molecule has 0 spiro atoms. The zero-order valence-electron chi connectivity index (χ0n) is 21.2. The number of aryl methyl sites for hydroxylation is 1. The average Bonchev–Trinajstić information content (AvgIpc) is 3.39. The minimum absolute atomic E-state index is 0.0450. The lowest BCUT2D eigenvalue weighted by molar-refractivity contribution is 0.0381. The second kappa shape index (κ2) is 11.3. The number of benzene rings is 2. The Labute approximate surface area is 221 Å². The molecule has 1 aliphatic heterocycles. The number of nitrogens with two attached hydrogens (primary N) is 1. The molecular weight excluding hydrogens is 478 g/mol. The maximum Gasteiger partial charge on any atom is 0.287 e. The third-order valence-corrected chi connectivity index (χ3v) is 6.80. The standard InChI is InChI=1S/C29H31N7O2/c1-20-15-32-27(34-20)28(37)33-18-25-19-35(29(38)23-14-24(30)17-31-16-23)12-13-36(25)26(21-8-4-2-5-9-21)22-10-6-3-7-11-22/h2-11,14-17,25-26H,12-13,18-19,30H2,1H3,(H,32,34)(H,33,37). The summed E-state index contributed by atoms with van der Waals surface area (Å²) in [7, 11) is 0. The zero-order chi connectivity index (χ0) is 26.5. The van der Waals surface area contributed by atoms with E-state index in [1.54, 1.807) is 12.3 Å². The van der Waals surface area contributed by atoms with Gasteiger partial charge >= 0.3 is 0 Å². The number of pyridine rings is 1. The Hall–Kier alpha value is -4.50. The molecule has 2 aromatic heterocycles. The van der Waals surface area contributed by atoms with E-state index in [0.717, 1.165) is 16.8 Å². The lowest BCUT2D eigenvalue weighted by Crippen LogP contribution is -2.59. The van der Waals surface area contributed by atoms with Crippen molar-refractivity contribution in [2.75, 3.05) is 31.9 Å². The van der Waals surface area contributed by atoms with Gasteiger partial charge in [-0.05, 0) is 24.1 Å². The molecule has 194 valence electrons. The van der Waals surface area contributed by atoms with Crippen molar-refractivity contribution in [1.82, 2.24) is 30.1 Å². The largest absolute Gasteiger partial charge is 0.397 e. The Kier molecular flexibility index (Phi) is 7.46. The number of piperazine rings is 1. The van der Waals surface area contributed by atoms with Gasteiger partial charge in [-0.3, -0.25) is 19.5 Å². The van der Waals surface area contributed by atoms with Crippen LogP contribution in [0.5, 0.6) is 0 Å². The van der Waals surface area contributed by atoms with Gasteiger partial charge in [0.2, 0.25) is 0 Å². The molecule has 0 bridgehead atoms. The van der Waals surface area contributed by atoms with E-state index < -0.39 is 0 Å². The van der Waals surface area contributed by atoms with Gasteiger partial charge in [0.1, 0.15) is 0 Å². The van der Waals surface area contributed by atoms with Gasteiger partial charge in [0.15, 0.2) is 5.82 Å². The Morgan fingerprint density at radius 3 is 2.32 bits per heavy atom. The minimum atomic E-state index is -0.280. The highest BCUT2D eigenvalue weighted by molar-refractivity contribution is 5.94. The molecular formula is C29H31N7O2. The van der Waals surface area contributed by atoms with Crippen LogP contribution in [0.2, 0.25) is 0 Å². The number of carbonyl (C=O) groups is 2. The van der Waals surface area contributed by atoms with Crippen LogP contribution < -0.4 is 11.1 Å². The first-order chi connectivity index (χ1) is 18.5. The molecule has 4 aromatic rings. The Balaban J connectivity index is 1.44. The maximum atomic E-state index is 13.4. The molecule has 0 saturated carbocycles. The van der Waals surface area contributed by atoms with Crippen molar-refractivity contribution in [3.05, 3.63) is 114 Å². The van der Waals surface area contributed by atoms with Crippen LogP contribution in [-0.4, -0.2) is 68.8 Å². The van der Waals surface area contributed by atoms with E-state index in [2.05, 4.69) is 49.4 Å². The van der Waals surface area contributed by atoms with Crippen molar-refractivity contribution in [1.29, 1.82) is 0 Å². The fourth-order valence-corrected chi connectivity index (χ4v) is 5.00. The highest BCUT2D eigenvalue weighted by atomic mass is 16.2. The van der Waals surface area contributed by atoms with E-state index in [4.69, 9.17) is 5.73 Å². The van der Waals surface area contributed by atoms with Crippen molar-refractivity contribution in [2.45, 2.75) is 19.0 Å². The van der Waals surface area contributed by atoms with Gasteiger partial charge in [0.25, 0.3) is 11.8 Å². The van der Waals surface area contributed by atoms with Crippen molar-refractivity contribution in [3.63, 3.8) is 0 Å². The fourth-order valence-electron chi connectivity index (χ4n) is 5.00. The highest BCUT2D eigenvalue weighted by Gasteiger charge is 2.36. The van der Waals surface area contributed by atoms with Crippen LogP contribution >= 0.6 is 0 Å². The number of anilines is 1. The van der Waals surface area contributed by atoms with Crippen LogP contribution in [0.25, 0.3) is 0 Å². The van der Waals surface area contributed by atoms with Gasteiger partial charge < -0.3 is 20.9 Å². The van der Waals surface area contributed by atoms with Gasteiger partial charge in [-0.15, -0.1) is 0 Å². The molecule has 2 aromatic carbocycles. The summed E-state index contributed by atoms with van der Waals surface area (Å²) < 4.78 is 0. The maximum absolute atomic E-state index is 13.4. The number of rotatable bonds is 7. The molecule has 9 nitrogen and oxygen atoms in total. The monoisotopic (exact) mass is 509 g/mol. The lowest BCUT2D eigenvalue weighted by Gasteiger charge is -2.45. The number of hydrogen-bond acceptors (Lipinski definition) is 6. The second-order valence-electron chi connectivity index (χ2n) is 9.50. The topological polar surface area (TPSA) is 120 Å². The van der Waals surface area contributed by atoms with Crippen molar-refractivity contribution < 1.29 is 9.59 Å². The number of H-pyrrole nitrogens is 1. The molecule has 1 unspecified atom stereocenters. The molecule has 1 atom stereocenters. The zero-order valence-corrected chi connectivity index (χ0v) is 21.2. The summed E-state index contributed by atoms with van der Waals surface area (Å²) >= 11 is 0. The van der Waals surface area contributed by atoms with Crippen LogP contribution in [0.15, 0.2) is 85.3 Å². The molecule has 1 aliphatic rings. The number of amides is 2. The smallest absolute Gasteiger partial charge is 0.287 e. The molecule has 5 rings (SSSR count). The van der Waals surface area contributed by atoms with Crippen LogP contribution in [0.1, 0.15) is 43.8 Å². The SMILES string of the molecule is Cc1cnc(C(=O)NCC2CN(C(=O)c3cncc(N)c3)CCN2C(c2ccccc2)c2ccccc2)[nH]1. The number of aromatic nitrogens is 3. The summed E-state index contributed by atoms with van der Waals surface area (Å²) in [5.74, 6) is -0.137. The van der Waals surface area contributed by atoms with Crippen LogP contribution in [0.4, 0.5) is 5.69 Å². The lowest BCUT2D eigenvalue weighted by atomic mass is 9.94. The van der Waals surface area contributed by atoms with Gasteiger partial charge in [-0.25, -0.2) is 4.98 Å². The summed E-state index contributed by atoms with van der Waals surface area (Å²) in [6, 6.07) is 22.1. The molecule has 4 N–H and O–H groups in total. The number of nitrogen functional groups attached to an aromatic ring is 1. The van der Waals surface area contributed by atoms with E-state index in [1.807, 2.05) is 48.2 Å². The molecule has 0 aliphatic carbocycles. The molecule has 1 saturated heterocycles. The molecule has 2 amide bonds. The third kappa shape index (κ3) is 5.57. The van der Waals surface area contributed by atoms with Crippen molar-refractivity contribution in [2.24, 2.45) is 0 Å². The first-order valence-corrected chi connectivity index (χ1v) is 12.6. The second-order valence-corrected chi connectivity index (χ2v) is 9.50. The number of aromatic amines is 1. The third-order valence-electron chi connectivity index (χ3n) is 6.80. The van der Waals surface area contributed by atoms with E-state index in [9.17, 15) is 9.59 Å². The Morgan fingerprint density at radius 2 is 1.71 bits per heavy atom. The van der Waals surface area contributed by atoms with E-state index in [0.29, 0.717) is 37.4 Å². The Bertz CT molecular complexity index is 1350. The number of hydrogen-bond donors (Lipinski definition) is 3. The summed E-state index contributed by atoms with van der Waals surface area (Å²) in [6.07, 6.45) is 4.69. The number of nitrogens with zero attached hydrogens (tertiary/aromatic N) is 4. The molecule has 38 heavy (non-hydrogen) atoms. The predicted octanol–water partition coefficient (Wildman–Crippen LogP) is 3.04. The van der Waals surface area contributed by atoms with Crippen LogP contribution in [0.3, 0.4) is 0 Å². The Morgan fingerprint density at radius 1 is 1.03 bits per heavy atom. The van der Waals surface area contributed by atoms with Gasteiger partial charge in [-0.2, -0.15) is 0 Å². The molecule has 1 fully saturated rings. The van der Waals surface area contributed by atoms with E-state index in [-0.39, 0.29) is 29.7 Å². The quantitative estimate of drug-likeness (QED) is 0.352. The minimum Gasteiger partial charge on any atom is -0.397 e. The predicted molar refractivity (Wildman–Crippen MR) is 145 cm³/mol. The number of carbonyl (C=O) groups excluding carboxylic acids is 2. The van der Waals surface area contributed by atoms with Crippen molar-refractivity contribution in [3.8, 4) is 0 Å². The molecule has 9 heteroatoms. The normalized spacial score (nSPS) is 15.9. The summed E-state index contributed by atoms with van der Waals surface area (Å²) in [5, 5.41) is 3.03. The number of imidazole rings is 1. The highest BCUT2D eigenvalue weighted by Crippen LogP contribution is 2.32. The van der Waals surface area contributed by atoms with Crippen molar-refractivity contribution >= 4 is 17.5 Å². The number of nitrogens with one attached hydrogen (secondary N) is 2. The van der Waals surface area contributed by atoms with Gasteiger partial charge in [-0.1, -0.05) is 60.7 Å². The first kappa shape index (κ1) is 25.2. The summed E-state index contributed by atoms with van der Waals surface area (Å²) in [5.41, 5.74) is 9.90. The van der Waals surface area contributed by atoms with Gasteiger partial charge in [0.05, 0.1) is 17.3 Å². The van der Waals surface area contributed by atoms with Crippen LogP contribution in [0, 0.1) is 6.92 Å². The summed E-state index contributed by atoms with van der Waals surface area (Å²) in [6.45, 7) is 3.78. The van der Waals surface area contributed by atoms with Gasteiger partial charge in [0, 0.05) is 56.5 Å². The van der Waals surface area contributed by atoms with E-state index in [1.165, 1.54) is 12.4 Å². The van der Waals surface area contributed by atoms with Crippen LogP contribution in [-0.2, 0) is 0 Å². The average molecular weight is 510 g/mol. The molecule has 3 heterocycles. The summed E-state index contributed by atoms with van der Waals surface area (Å²) in [4.78, 5) is 41.7. The molecule has 0 radical (unpaired) electrons. The fraction of sp³-hybridized carbons (Fsp3) is 0.241. The first-order valence-electron chi connectivity index (χ1n) is 12.6. The van der Waals surface area contributed by atoms with E-state index >= 15 is 0 Å².